The molecule has 1 N–H and O–H groups in total. The van der Waals surface area contributed by atoms with Crippen molar-refractivity contribution in [1.82, 2.24) is 9.38 Å². The minimum atomic E-state index is -0.127. The van der Waals surface area contributed by atoms with Crippen LogP contribution in [0.15, 0.2) is 73.1 Å². The number of aryl methyl sites for hydroxylation is 1. The van der Waals surface area contributed by atoms with E-state index in [0.717, 1.165) is 28.2 Å². The number of benzene rings is 2. The summed E-state index contributed by atoms with van der Waals surface area (Å²) < 4.78 is 2.01. The zero-order valence-corrected chi connectivity index (χ0v) is 17.2. The second-order valence-electron chi connectivity index (χ2n) is 8.38. The summed E-state index contributed by atoms with van der Waals surface area (Å²) in [5.74, 6) is -0.127. The van der Waals surface area contributed by atoms with Crippen LogP contribution in [0.4, 0.5) is 5.69 Å². The molecular weight excluding hydrogens is 358 g/mol. The number of pyridine rings is 1. The number of amides is 1. The summed E-state index contributed by atoms with van der Waals surface area (Å²) in [4.78, 5) is 17.6. The van der Waals surface area contributed by atoms with Crippen LogP contribution >= 0.6 is 0 Å². The van der Waals surface area contributed by atoms with Gasteiger partial charge in [-0.1, -0.05) is 57.2 Å². The molecule has 2 aromatic heterocycles. The van der Waals surface area contributed by atoms with Gasteiger partial charge in [-0.3, -0.25) is 4.79 Å². The predicted molar refractivity (Wildman–Crippen MR) is 118 cm³/mol. The Hall–Kier alpha value is -3.40. The number of nitrogens with one attached hydrogen (secondary N) is 1. The molecule has 0 spiro atoms. The highest BCUT2D eigenvalue weighted by atomic mass is 16.1. The Kier molecular flexibility index (Phi) is 4.71. The molecule has 0 bridgehead atoms. The number of anilines is 1. The van der Waals surface area contributed by atoms with Gasteiger partial charge in [-0.2, -0.15) is 0 Å². The van der Waals surface area contributed by atoms with Crippen LogP contribution in [0.25, 0.3) is 16.9 Å². The maximum Gasteiger partial charge on any atom is 0.255 e. The van der Waals surface area contributed by atoms with Crippen molar-refractivity contribution in [2.45, 2.75) is 33.1 Å². The van der Waals surface area contributed by atoms with Crippen LogP contribution in [0.1, 0.15) is 42.3 Å². The van der Waals surface area contributed by atoms with Crippen molar-refractivity contribution in [2.24, 2.45) is 0 Å². The fraction of sp³-hybridized carbons (Fsp3) is 0.200. The van der Waals surface area contributed by atoms with Gasteiger partial charge >= 0.3 is 0 Å². The van der Waals surface area contributed by atoms with Crippen molar-refractivity contribution in [3.05, 3.63) is 89.7 Å². The van der Waals surface area contributed by atoms with Crippen molar-refractivity contribution < 1.29 is 4.79 Å². The first kappa shape index (κ1) is 18.9. The molecule has 29 heavy (non-hydrogen) atoms. The highest BCUT2D eigenvalue weighted by Gasteiger charge is 2.16. The molecule has 4 nitrogen and oxygen atoms in total. The summed E-state index contributed by atoms with van der Waals surface area (Å²) in [6, 6.07) is 19.6. The molecule has 0 aliphatic rings. The fourth-order valence-corrected chi connectivity index (χ4v) is 3.41. The first-order chi connectivity index (χ1) is 13.8. The number of carbonyl (C=O) groups is 1. The lowest BCUT2D eigenvalue weighted by Gasteiger charge is -2.19. The van der Waals surface area contributed by atoms with Gasteiger partial charge in [0.05, 0.1) is 11.4 Å². The monoisotopic (exact) mass is 383 g/mol. The average molecular weight is 383 g/mol. The number of nitrogens with zero attached hydrogens (tertiary/aromatic N) is 2. The normalized spacial score (nSPS) is 11.6. The molecule has 4 heteroatoms. The number of fused-ring (bicyclic) bond motifs is 1. The smallest absolute Gasteiger partial charge is 0.255 e. The Bertz CT molecular complexity index is 1180. The van der Waals surface area contributed by atoms with E-state index in [9.17, 15) is 4.79 Å². The Morgan fingerprint density at radius 1 is 0.966 bits per heavy atom. The van der Waals surface area contributed by atoms with Crippen LogP contribution in [0.2, 0.25) is 0 Å². The number of hydrogen-bond acceptors (Lipinski definition) is 2. The summed E-state index contributed by atoms with van der Waals surface area (Å²) in [7, 11) is 0. The Morgan fingerprint density at radius 3 is 2.38 bits per heavy atom. The van der Waals surface area contributed by atoms with Crippen LogP contribution in [-0.2, 0) is 5.41 Å². The second-order valence-corrected chi connectivity index (χ2v) is 8.38. The van der Waals surface area contributed by atoms with Crippen LogP contribution < -0.4 is 5.32 Å². The lowest BCUT2D eigenvalue weighted by Crippen LogP contribution is -2.14. The summed E-state index contributed by atoms with van der Waals surface area (Å²) >= 11 is 0. The first-order valence-electron chi connectivity index (χ1n) is 9.78. The number of para-hydroxylation sites is 1. The number of aromatic nitrogens is 2. The standard InChI is InChI=1S/C25H25N3O/c1-17-8-7-15-28-16-22(26-23(17)28)20-9-5-6-10-21(20)27-24(29)18-11-13-19(14-12-18)25(2,3)4/h5-16H,1-4H3,(H,27,29). The third-order valence-corrected chi connectivity index (χ3v) is 5.14. The van der Waals surface area contributed by atoms with Gasteiger partial charge in [-0.25, -0.2) is 4.98 Å². The van der Waals surface area contributed by atoms with Gasteiger partial charge in [-0.05, 0) is 47.7 Å². The molecule has 4 aromatic rings. The Morgan fingerprint density at radius 2 is 1.69 bits per heavy atom. The van der Waals surface area contributed by atoms with Gasteiger partial charge in [0.15, 0.2) is 0 Å². The van der Waals surface area contributed by atoms with Crippen LogP contribution in [-0.4, -0.2) is 15.3 Å². The lowest BCUT2D eigenvalue weighted by atomic mass is 9.86. The molecule has 0 unspecified atom stereocenters. The van der Waals surface area contributed by atoms with Gasteiger partial charge in [0.1, 0.15) is 5.65 Å². The maximum atomic E-state index is 12.8. The topological polar surface area (TPSA) is 46.4 Å². The van der Waals surface area contributed by atoms with Gasteiger partial charge in [0, 0.05) is 23.5 Å². The van der Waals surface area contributed by atoms with E-state index in [0.29, 0.717) is 5.56 Å². The molecule has 146 valence electrons. The zero-order valence-electron chi connectivity index (χ0n) is 17.2. The van der Waals surface area contributed by atoms with E-state index < -0.39 is 0 Å². The molecular formula is C25H25N3O. The van der Waals surface area contributed by atoms with E-state index in [2.05, 4.69) is 26.1 Å². The average Bonchev–Trinajstić information content (AvgIpc) is 3.13. The minimum absolute atomic E-state index is 0.0584. The first-order valence-corrected chi connectivity index (χ1v) is 9.78. The molecule has 1 amide bonds. The molecule has 0 atom stereocenters. The van der Waals surface area contributed by atoms with Gasteiger partial charge in [-0.15, -0.1) is 0 Å². The van der Waals surface area contributed by atoms with E-state index in [4.69, 9.17) is 4.98 Å². The van der Waals surface area contributed by atoms with E-state index in [1.807, 2.05) is 84.4 Å². The summed E-state index contributed by atoms with van der Waals surface area (Å²) in [6.07, 6.45) is 3.97. The molecule has 0 aliphatic heterocycles. The Balaban J connectivity index is 1.64. The molecule has 2 aromatic carbocycles. The molecule has 0 aliphatic carbocycles. The van der Waals surface area contributed by atoms with Crippen LogP contribution in [0, 0.1) is 6.92 Å². The quantitative estimate of drug-likeness (QED) is 0.482. The summed E-state index contributed by atoms with van der Waals surface area (Å²) in [6.45, 7) is 8.53. The molecule has 0 fully saturated rings. The van der Waals surface area contributed by atoms with E-state index in [1.54, 1.807) is 0 Å². The number of hydrogen-bond donors (Lipinski definition) is 1. The zero-order chi connectivity index (χ0) is 20.6. The largest absolute Gasteiger partial charge is 0.321 e. The highest BCUT2D eigenvalue weighted by molar-refractivity contribution is 6.06. The molecule has 0 radical (unpaired) electrons. The molecule has 2 heterocycles. The Labute approximate surface area is 171 Å². The van der Waals surface area contributed by atoms with E-state index in [1.165, 1.54) is 5.56 Å². The van der Waals surface area contributed by atoms with E-state index in [-0.39, 0.29) is 11.3 Å². The van der Waals surface area contributed by atoms with Crippen molar-refractivity contribution in [3.8, 4) is 11.3 Å². The minimum Gasteiger partial charge on any atom is -0.321 e. The van der Waals surface area contributed by atoms with Crippen molar-refractivity contribution in [1.29, 1.82) is 0 Å². The molecule has 4 rings (SSSR count). The summed E-state index contributed by atoms with van der Waals surface area (Å²) in [5.41, 5.74) is 6.41. The number of rotatable bonds is 3. The van der Waals surface area contributed by atoms with Gasteiger partial charge < -0.3 is 9.72 Å². The van der Waals surface area contributed by atoms with Crippen LogP contribution in [0.5, 0.6) is 0 Å². The van der Waals surface area contributed by atoms with Gasteiger partial charge in [0.25, 0.3) is 5.91 Å². The van der Waals surface area contributed by atoms with Crippen molar-refractivity contribution in [3.63, 3.8) is 0 Å². The fourth-order valence-electron chi connectivity index (χ4n) is 3.41. The predicted octanol–water partition coefficient (Wildman–Crippen LogP) is 5.86. The highest BCUT2D eigenvalue weighted by Crippen LogP contribution is 2.29. The lowest BCUT2D eigenvalue weighted by molar-refractivity contribution is 0.102. The van der Waals surface area contributed by atoms with Crippen molar-refractivity contribution in [2.75, 3.05) is 5.32 Å². The second kappa shape index (κ2) is 7.21. The number of carbonyl (C=O) groups excluding carboxylic acids is 1. The maximum absolute atomic E-state index is 12.8. The van der Waals surface area contributed by atoms with E-state index >= 15 is 0 Å². The third-order valence-electron chi connectivity index (χ3n) is 5.14. The SMILES string of the molecule is Cc1cccn2cc(-c3ccccc3NC(=O)c3ccc(C(C)(C)C)cc3)nc12. The molecule has 0 saturated heterocycles. The van der Waals surface area contributed by atoms with Gasteiger partial charge in [0.2, 0.25) is 0 Å². The van der Waals surface area contributed by atoms with Crippen LogP contribution in [0.3, 0.4) is 0 Å². The number of imidazole rings is 1. The third kappa shape index (κ3) is 3.79. The summed E-state index contributed by atoms with van der Waals surface area (Å²) in [5, 5.41) is 3.05. The molecule has 0 saturated carbocycles. The van der Waals surface area contributed by atoms with Crippen molar-refractivity contribution >= 4 is 17.2 Å².